The average molecular weight is 716 g/mol. The van der Waals surface area contributed by atoms with Crippen LogP contribution < -0.4 is 5.11 Å². The molecule has 2 unspecified atom stereocenters. The Labute approximate surface area is 311 Å². The van der Waals surface area contributed by atoms with E-state index in [0.29, 0.717) is 12.8 Å². The maximum absolute atomic E-state index is 12.6. The highest BCUT2D eigenvalue weighted by Crippen LogP contribution is 2.12. The van der Waals surface area contributed by atoms with Gasteiger partial charge in [-0.05, 0) is 64.2 Å². The van der Waals surface area contributed by atoms with Crippen LogP contribution in [0.2, 0.25) is 0 Å². The molecule has 0 saturated heterocycles. The third kappa shape index (κ3) is 32.7. The van der Waals surface area contributed by atoms with Crippen LogP contribution in [0.4, 0.5) is 0 Å². The largest absolute Gasteiger partial charge is 0.544 e. The topological polar surface area (TPSA) is 102 Å². The van der Waals surface area contributed by atoms with E-state index in [0.717, 1.165) is 70.6 Å². The number of aliphatic carboxylic acids is 1. The van der Waals surface area contributed by atoms with Crippen molar-refractivity contribution in [2.24, 2.45) is 0 Å². The first-order valence-electron chi connectivity index (χ1n) is 19.8. The van der Waals surface area contributed by atoms with Crippen LogP contribution in [0.15, 0.2) is 60.8 Å². The van der Waals surface area contributed by atoms with Crippen molar-refractivity contribution in [1.82, 2.24) is 0 Å². The lowest BCUT2D eigenvalue weighted by atomic mass is 10.1. The van der Waals surface area contributed by atoms with Crippen molar-refractivity contribution in [1.29, 1.82) is 0 Å². The smallest absolute Gasteiger partial charge is 0.306 e. The van der Waals surface area contributed by atoms with Crippen LogP contribution in [0.1, 0.15) is 142 Å². The molecule has 292 valence electrons. The van der Waals surface area contributed by atoms with Gasteiger partial charge >= 0.3 is 11.9 Å². The molecule has 0 spiro atoms. The summed E-state index contributed by atoms with van der Waals surface area (Å²) in [5.74, 6) is -1.83. The SMILES string of the molecule is CC/C=C/C/C=C/C/C=C/C/C=C/CCCCCCCCCC(=O)OC(COCCC(C(=O)[O-])[N+](C)(C)C)COC(=O)CC/C=C/CCCCC. The first-order valence-corrected chi connectivity index (χ1v) is 19.8. The van der Waals surface area contributed by atoms with E-state index in [4.69, 9.17) is 14.2 Å². The van der Waals surface area contributed by atoms with Gasteiger partial charge in [0.25, 0.3) is 0 Å². The fourth-order valence-corrected chi connectivity index (χ4v) is 5.31. The lowest BCUT2D eigenvalue weighted by molar-refractivity contribution is -0.889. The highest BCUT2D eigenvalue weighted by molar-refractivity contribution is 5.70. The molecule has 2 atom stereocenters. The number of nitrogens with zero attached hydrogens (tertiary/aromatic N) is 1. The lowest BCUT2D eigenvalue weighted by Gasteiger charge is -2.34. The second-order valence-corrected chi connectivity index (χ2v) is 14.1. The van der Waals surface area contributed by atoms with Gasteiger partial charge in [0.15, 0.2) is 6.10 Å². The summed E-state index contributed by atoms with van der Waals surface area (Å²) in [6.45, 7) is 4.40. The number of unbranched alkanes of at least 4 members (excludes halogenated alkanes) is 10. The molecule has 0 radical (unpaired) electrons. The third-order valence-electron chi connectivity index (χ3n) is 8.40. The Morgan fingerprint density at radius 3 is 1.73 bits per heavy atom. The van der Waals surface area contributed by atoms with E-state index in [1.807, 2.05) is 6.08 Å². The van der Waals surface area contributed by atoms with Gasteiger partial charge in [0.1, 0.15) is 12.6 Å². The summed E-state index contributed by atoms with van der Waals surface area (Å²) in [7, 11) is 5.37. The van der Waals surface area contributed by atoms with Crippen molar-refractivity contribution < 1.29 is 38.2 Å². The number of likely N-dealkylation sites (N-methyl/N-ethyl adjacent to an activating group) is 1. The minimum Gasteiger partial charge on any atom is -0.544 e. The van der Waals surface area contributed by atoms with Crippen molar-refractivity contribution >= 4 is 17.9 Å². The molecule has 8 heteroatoms. The Balaban J connectivity index is 4.34. The van der Waals surface area contributed by atoms with Gasteiger partial charge in [0.05, 0.1) is 40.3 Å². The van der Waals surface area contributed by atoms with Crippen LogP contribution in [-0.4, -0.2) is 75.5 Å². The predicted octanol–water partition coefficient (Wildman–Crippen LogP) is 8.91. The molecular weight excluding hydrogens is 642 g/mol. The van der Waals surface area contributed by atoms with Gasteiger partial charge in [-0.25, -0.2) is 0 Å². The molecule has 0 aliphatic heterocycles. The molecule has 51 heavy (non-hydrogen) atoms. The third-order valence-corrected chi connectivity index (χ3v) is 8.40. The summed E-state index contributed by atoms with van der Waals surface area (Å²) in [5, 5.41) is 11.6. The first kappa shape index (κ1) is 48.0. The minimum absolute atomic E-state index is 0.0220. The zero-order valence-electron chi connectivity index (χ0n) is 33.0. The average Bonchev–Trinajstić information content (AvgIpc) is 3.08. The Morgan fingerprint density at radius 1 is 0.608 bits per heavy atom. The van der Waals surface area contributed by atoms with Crippen molar-refractivity contribution in [3.63, 3.8) is 0 Å². The number of allylic oxidation sites excluding steroid dienone is 10. The maximum Gasteiger partial charge on any atom is 0.306 e. The zero-order valence-corrected chi connectivity index (χ0v) is 33.0. The van der Waals surface area contributed by atoms with Gasteiger partial charge in [-0.15, -0.1) is 0 Å². The molecular formula is C43H73NO7. The molecule has 0 amide bonds. The maximum atomic E-state index is 12.6. The summed E-state index contributed by atoms with van der Waals surface area (Å²) < 4.78 is 17.0. The van der Waals surface area contributed by atoms with E-state index in [1.165, 1.54) is 32.1 Å². The summed E-state index contributed by atoms with van der Waals surface area (Å²) in [6, 6.07) is -0.732. The van der Waals surface area contributed by atoms with Crippen LogP contribution >= 0.6 is 0 Å². The van der Waals surface area contributed by atoms with E-state index < -0.39 is 18.1 Å². The van der Waals surface area contributed by atoms with Crippen LogP contribution in [0, 0.1) is 0 Å². The van der Waals surface area contributed by atoms with Gasteiger partial charge < -0.3 is 28.6 Å². The van der Waals surface area contributed by atoms with E-state index in [9.17, 15) is 19.5 Å². The predicted molar refractivity (Wildman–Crippen MR) is 208 cm³/mol. The molecule has 0 N–H and O–H groups in total. The highest BCUT2D eigenvalue weighted by Gasteiger charge is 2.25. The zero-order chi connectivity index (χ0) is 37.8. The van der Waals surface area contributed by atoms with Crippen LogP contribution in [0.3, 0.4) is 0 Å². The number of ether oxygens (including phenoxy) is 3. The molecule has 0 aromatic carbocycles. The second-order valence-electron chi connectivity index (χ2n) is 14.1. The molecule has 0 saturated carbocycles. The quantitative estimate of drug-likeness (QED) is 0.0284. The number of carbonyl (C=O) groups is 3. The van der Waals surface area contributed by atoms with Gasteiger partial charge in [-0.1, -0.05) is 120 Å². The van der Waals surface area contributed by atoms with Crippen LogP contribution in [-0.2, 0) is 28.6 Å². The number of hydrogen-bond donors (Lipinski definition) is 0. The number of carboxylic acid groups (broad SMARTS) is 1. The molecule has 0 aromatic heterocycles. The number of quaternary nitrogens is 1. The van der Waals surface area contributed by atoms with Gasteiger partial charge in [0.2, 0.25) is 0 Å². The first-order chi connectivity index (χ1) is 24.6. The number of carboxylic acids is 1. The number of hydrogen-bond acceptors (Lipinski definition) is 7. The normalized spacial score (nSPS) is 13.7. The Hall–Kier alpha value is -2.97. The van der Waals surface area contributed by atoms with Crippen molar-refractivity contribution in [2.75, 3.05) is 41.0 Å². The summed E-state index contributed by atoms with van der Waals surface area (Å²) in [5.41, 5.74) is 0. The summed E-state index contributed by atoms with van der Waals surface area (Å²) in [6.07, 6.45) is 39.9. The van der Waals surface area contributed by atoms with E-state index >= 15 is 0 Å². The Morgan fingerprint density at radius 2 is 1.14 bits per heavy atom. The molecule has 0 aliphatic carbocycles. The van der Waals surface area contributed by atoms with Crippen molar-refractivity contribution in [2.45, 2.75) is 154 Å². The van der Waals surface area contributed by atoms with Gasteiger partial charge in [0, 0.05) is 19.3 Å². The molecule has 0 aliphatic rings. The number of rotatable bonds is 34. The number of esters is 2. The Kier molecular flexibility index (Phi) is 32.1. The van der Waals surface area contributed by atoms with E-state index in [-0.39, 0.29) is 49.1 Å². The molecule has 0 aromatic rings. The highest BCUT2D eigenvalue weighted by atomic mass is 16.6. The molecule has 0 bridgehead atoms. The van der Waals surface area contributed by atoms with E-state index in [1.54, 1.807) is 21.1 Å². The van der Waals surface area contributed by atoms with Gasteiger partial charge in [-0.3, -0.25) is 9.59 Å². The standard InChI is InChI=1S/C43H73NO7/c1-6-8-10-12-14-15-16-17-18-19-20-21-22-23-24-25-26-28-30-32-34-42(46)51-39(37-49-36-35-40(43(47)48)44(3,4)5)38-50-41(45)33-31-29-27-13-11-9-7-2/h8,10,14-15,17-18,20-21,27,29,39-40H,6-7,9,11-13,16,19,22-26,28,30-38H2,1-5H3/b10-8+,15-14+,18-17+,21-20+,29-27+. The fourth-order valence-electron chi connectivity index (χ4n) is 5.31. The molecule has 0 rings (SSSR count). The van der Waals surface area contributed by atoms with E-state index in [2.05, 4.69) is 68.5 Å². The van der Waals surface area contributed by atoms with Crippen molar-refractivity contribution in [3.8, 4) is 0 Å². The monoisotopic (exact) mass is 716 g/mol. The summed E-state index contributed by atoms with van der Waals surface area (Å²) in [4.78, 5) is 36.5. The van der Waals surface area contributed by atoms with Crippen molar-refractivity contribution in [3.05, 3.63) is 60.8 Å². The number of carbonyl (C=O) groups excluding carboxylic acids is 3. The molecule has 8 nitrogen and oxygen atoms in total. The Bertz CT molecular complexity index is 1020. The molecule has 0 fully saturated rings. The van der Waals surface area contributed by atoms with Crippen LogP contribution in [0.5, 0.6) is 0 Å². The van der Waals surface area contributed by atoms with Gasteiger partial charge in [-0.2, -0.15) is 0 Å². The molecule has 0 heterocycles. The second kappa shape index (κ2) is 34.1. The lowest BCUT2D eigenvalue weighted by Crippen LogP contribution is -2.55. The fraction of sp³-hybridized carbons (Fsp3) is 0.698. The van der Waals surface area contributed by atoms with Crippen LogP contribution in [0.25, 0.3) is 0 Å². The minimum atomic E-state index is -1.13. The summed E-state index contributed by atoms with van der Waals surface area (Å²) >= 11 is 0.